The minimum Gasteiger partial charge on any atom is -0.492 e. The minimum absolute atomic E-state index is 0.0354. The second-order valence-electron chi connectivity index (χ2n) is 7.85. The van der Waals surface area contributed by atoms with Gasteiger partial charge in [-0.25, -0.2) is 8.78 Å². The molecule has 2 aromatic rings. The molecule has 2 atom stereocenters. The molecule has 0 saturated carbocycles. The first kappa shape index (κ1) is 19.7. The molecule has 0 N–H and O–H groups in total. The van der Waals surface area contributed by atoms with Crippen molar-refractivity contribution in [2.24, 2.45) is 0 Å². The SMILES string of the molecule is COC(=O)CC1COc2cc(OC3CCc4c3cccc4C(C)(F)F)c(C)cc21. The van der Waals surface area contributed by atoms with E-state index in [0.29, 0.717) is 36.5 Å². The number of carbonyl (C=O) groups excluding carboxylic acids is 1. The quantitative estimate of drug-likeness (QED) is 0.644. The maximum absolute atomic E-state index is 13.9. The molecule has 6 heteroatoms. The third kappa shape index (κ3) is 3.68. The molecular formula is C23H24F2O4. The topological polar surface area (TPSA) is 44.8 Å². The fourth-order valence-corrected chi connectivity index (χ4v) is 4.30. The third-order valence-corrected chi connectivity index (χ3v) is 5.79. The zero-order valence-corrected chi connectivity index (χ0v) is 16.8. The largest absolute Gasteiger partial charge is 0.492 e. The molecule has 0 spiro atoms. The Morgan fingerprint density at radius 2 is 2.07 bits per heavy atom. The summed E-state index contributed by atoms with van der Waals surface area (Å²) in [5.41, 5.74) is 3.50. The van der Waals surface area contributed by atoms with Crippen LogP contribution >= 0.6 is 0 Å². The number of methoxy groups -OCH3 is 1. The molecule has 2 aliphatic rings. The maximum Gasteiger partial charge on any atom is 0.306 e. The summed E-state index contributed by atoms with van der Waals surface area (Å²) in [6.45, 7) is 3.30. The predicted molar refractivity (Wildman–Crippen MR) is 104 cm³/mol. The molecule has 4 rings (SSSR count). The van der Waals surface area contributed by atoms with Crippen molar-refractivity contribution in [1.29, 1.82) is 0 Å². The molecule has 0 bridgehead atoms. The van der Waals surface area contributed by atoms with E-state index in [4.69, 9.17) is 14.2 Å². The standard InChI is InChI=1S/C23H24F2O4/c1-13-9-17-14(10-22(26)27-3)12-28-21(17)11-20(13)29-19-8-7-15-16(19)5-4-6-18(15)23(2,24)25/h4-6,9,11,14,19H,7-8,10,12H2,1-3H3. The molecule has 0 radical (unpaired) electrons. The van der Waals surface area contributed by atoms with Crippen molar-refractivity contribution in [3.05, 3.63) is 58.1 Å². The van der Waals surface area contributed by atoms with Crippen molar-refractivity contribution in [2.45, 2.75) is 51.1 Å². The smallest absolute Gasteiger partial charge is 0.306 e. The van der Waals surface area contributed by atoms with Gasteiger partial charge in [-0.1, -0.05) is 18.2 Å². The van der Waals surface area contributed by atoms with Crippen molar-refractivity contribution in [2.75, 3.05) is 13.7 Å². The van der Waals surface area contributed by atoms with Crippen LogP contribution in [-0.4, -0.2) is 19.7 Å². The fraction of sp³-hybridized carbons (Fsp3) is 0.435. The Kier molecular flexibility index (Phi) is 4.97. The van der Waals surface area contributed by atoms with Gasteiger partial charge in [0.05, 0.1) is 20.1 Å². The monoisotopic (exact) mass is 402 g/mol. The van der Waals surface area contributed by atoms with Crippen molar-refractivity contribution >= 4 is 5.97 Å². The molecule has 154 valence electrons. The molecule has 2 unspecified atom stereocenters. The van der Waals surface area contributed by atoms with Crippen molar-refractivity contribution in [3.8, 4) is 11.5 Å². The molecule has 0 aromatic heterocycles. The lowest BCUT2D eigenvalue weighted by molar-refractivity contribution is -0.141. The Morgan fingerprint density at radius 1 is 1.28 bits per heavy atom. The van der Waals surface area contributed by atoms with Crippen molar-refractivity contribution < 1.29 is 27.8 Å². The molecule has 4 nitrogen and oxygen atoms in total. The number of carbonyl (C=O) groups is 1. The number of aryl methyl sites for hydroxylation is 1. The van der Waals surface area contributed by atoms with E-state index in [9.17, 15) is 13.6 Å². The van der Waals surface area contributed by atoms with Crippen LogP contribution in [0.4, 0.5) is 8.78 Å². The molecule has 0 saturated heterocycles. The van der Waals surface area contributed by atoms with Gasteiger partial charge >= 0.3 is 5.97 Å². The van der Waals surface area contributed by atoms with E-state index in [2.05, 4.69) is 0 Å². The lowest BCUT2D eigenvalue weighted by Gasteiger charge is -2.19. The van der Waals surface area contributed by atoms with Crippen LogP contribution in [0, 0.1) is 6.92 Å². The highest BCUT2D eigenvalue weighted by atomic mass is 19.3. The van der Waals surface area contributed by atoms with Gasteiger partial charge in [-0.2, -0.15) is 0 Å². The first-order valence-corrected chi connectivity index (χ1v) is 9.79. The summed E-state index contributed by atoms with van der Waals surface area (Å²) in [7, 11) is 1.38. The normalized spacial score (nSPS) is 20.0. The lowest BCUT2D eigenvalue weighted by atomic mass is 9.96. The number of fused-ring (bicyclic) bond motifs is 2. The predicted octanol–water partition coefficient (Wildman–Crippen LogP) is 5.21. The molecular weight excluding hydrogens is 378 g/mol. The third-order valence-electron chi connectivity index (χ3n) is 5.79. The number of benzene rings is 2. The molecule has 1 aliphatic carbocycles. The van der Waals surface area contributed by atoms with E-state index in [0.717, 1.165) is 23.6 Å². The summed E-state index contributed by atoms with van der Waals surface area (Å²) in [4.78, 5) is 11.6. The van der Waals surface area contributed by atoms with Gasteiger partial charge < -0.3 is 14.2 Å². The number of hydrogen-bond donors (Lipinski definition) is 0. The van der Waals surface area contributed by atoms with Gasteiger partial charge in [0.25, 0.3) is 5.92 Å². The van der Waals surface area contributed by atoms with Gasteiger partial charge in [0.1, 0.15) is 17.6 Å². The Balaban J connectivity index is 1.58. The second-order valence-corrected chi connectivity index (χ2v) is 7.85. The minimum atomic E-state index is -2.87. The van der Waals surface area contributed by atoms with Crippen LogP contribution < -0.4 is 9.47 Å². The molecule has 1 aliphatic heterocycles. The van der Waals surface area contributed by atoms with Crippen molar-refractivity contribution in [1.82, 2.24) is 0 Å². The van der Waals surface area contributed by atoms with E-state index < -0.39 is 5.92 Å². The second kappa shape index (κ2) is 7.32. The molecule has 2 aromatic carbocycles. The lowest BCUT2D eigenvalue weighted by Crippen LogP contribution is -2.11. The van der Waals surface area contributed by atoms with Crippen LogP contribution in [0.5, 0.6) is 11.5 Å². The van der Waals surface area contributed by atoms with Crippen LogP contribution in [-0.2, 0) is 21.9 Å². The van der Waals surface area contributed by atoms with Gasteiger partial charge in [0, 0.05) is 30.0 Å². The van der Waals surface area contributed by atoms with Gasteiger partial charge in [-0.3, -0.25) is 4.79 Å². The Labute approximate surface area is 168 Å². The highest BCUT2D eigenvalue weighted by molar-refractivity contribution is 5.71. The Bertz CT molecular complexity index is 949. The average molecular weight is 402 g/mol. The first-order valence-electron chi connectivity index (χ1n) is 9.79. The van der Waals surface area contributed by atoms with Crippen molar-refractivity contribution in [3.63, 3.8) is 0 Å². The van der Waals surface area contributed by atoms with E-state index in [1.807, 2.05) is 25.1 Å². The summed E-state index contributed by atoms with van der Waals surface area (Å²) < 4.78 is 44.7. The van der Waals surface area contributed by atoms with Gasteiger partial charge in [-0.05, 0) is 42.5 Å². The van der Waals surface area contributed by atoms with Crippen LogP contribution in [0.1, 0.15) is 59.6 Å². The van der Waals surface area contributed by atoms with E-state index in [1.165, 1.54) is 13.2 Å². The molecule has 1 heterocycles. The Hall–Kier alpha value is -2.63. The highest BCUT2D eigenvalue weighted by Gasteiger charge is 2.35. The molecule has 0 fully saturated rings. The van der Waals surface area contributed by atoms with Crippen LogP contribution in [0.25, 0.3) is 0 Å². The number of alkyl halides is 2. The summed E-state index contributed by atoms with van der Waals surface area (Å²) in [6.07, 6.45) is 1.23. The van der Waals surface area contributed by atoms with E-state index in [-0.39, 0.29) is 30.0 Å². The van der Waals surface area contributed by atoms with E-state index in [1.54, 1.807) is 6.07 Å². The average Bonchev–Trinajstić information content (AvgIpc) is 3.25. The number of halogens is 2. The fourth-order valence-electron chi connectivity index (χ4n) is 4.30. The maximum atomic E-state index is 13.9. The number of esters is 1. The van der Waals surface area contributed by atoms with Crippen LogP contribution in [0.2, 0.25) is 0 Å². The first-order chi connectivity index (χ1) is 13.8. The van der Waals surface area contributed by atoms with Gasteiger partial charge in [0.15, 0.2) is 0 Å². The van der Waals surface area contributed by atoms with Gasteiger partial charge in [0.2, 0.25) is 0 Å². The molecule has 0 amide bonds. The van der Waals surface area contributed by atoms with Crippen LogP contribution in [0.3, 0.4) is 0 Å². The number of hydrogen-bond acceptors (Lipinski definition) is 4. The summed E-state index contributed by atoms with van der Waals surface area (Å²) in [5, 5.41) is 0. The summed E-state index contributed by atoms with van der Waals surface area (Å²) in [6, 6.07) is 8.87. The number of ether oxygens (including phenoxy) is 3. The number of rotatable bonds is 5. The summed E-state index contributed by atoms with van der Waals surface area (Å²) in [5.74, 6) is -1.80. The van der Waals surface area contributed by atoms with Crippen LogP contribution in [0.15, 0.2) is 30.3 Å². The van der Waals surface area contributed by atoms with E-state index >= 15 is 0 Å². The Morgan fingerprint density at radius 3 is 2.79 bits per heavy atom. The zero-order valence-electron chi connectivity index (χ0n) is 16.8. The zero-order chi connectivity index (χ0) is 20.8. The van der Waals surface area contributed by atoms with Gasteiger partial charge in [-0.15, -0.1) is 0 Å². The summed E-state index contributed by atoms with van der Waals surface area (Å²) >= 11 is 0. The highest BCUT2D eigenvalue weighted by Crippen LogP contribution is 2.44. The molecule has 29 heavy (non-hydrogen) atoms.